The molecule has 0 radical (unpaired) electrons. The van der Waals surface area contributed by atoms with Crippen molar-refractivity contribution in [1.29, 1.82) is 0 Å². The number of halogens is 1. The van der Waals surface area contributed by atoms with Gasteiger partial charge in [-0.05, 0) is 50.5 Å². The molecule has 0 unspecified atom stereocenters. The van der Waals surface area contributed by atoms with Crippen LogP contribution < -0.4 is 0 Å². The van der Waals surface area contributed by atoms with Gasteiger partial charge in [-0.15, -0.1) is 0 Å². The summed E-state index contributed by atoms with van der Waals surface area (Å²) in [5.74, 6) is -2.22. The highest BCUT2D eigenvalue weighted by Gasteiger charge is 2.37. The molecular formula is C20H27FN2O7S2. The fourth-order valence-electron chi connectivity index (χ4n) is 3.96. The highest BCUT2D eigenvalue weighted by Crippen LogP contribution is 2.25. The predicted molar refractivity (Wildman–Crippen MR) is 113 cm³/mol. The number of carbonyl (C=O) groups is 2. The second-order valence-electron chi connectivity index (χ2n) is 8.22. The van der Waals surface area contributed by atoms with E-state index in [-0.39, 0.29) is 42.3 Å². The Morgan fingerprint density at radius 2 is 1.75 bits per heavy atom. The van der Waals surface area contributed by atoms with E-state index < -0.39 is 55.6 Å². The Balaban J connectivity index is 1.52. The van der Waals surface area contributed by atoms with Gasteiger partial charge in [-0.1, -0.05) is 0 Å². The zero-order chi connectivity index (χ0) is 23.7. The molecule has 32 heavy (non-hydrogen) atoms. The number of benzene rings is 1. The molecule has 0 saturated carbocycles. The zero-order valence-corrected chi connectivity index (χ0v) is 19.6. The maximum Gasteiger partial charge on any atom is 0.309 e. The van der Waals surface area contributed by atoms with Crippen molar-refractivity contribution in [2.75, 3.05) is 31.6 Å². The van der Waals surface area contributed by atoms with Gasteiger partial charge in [0, 0.05) is 26.2 Å². The van der Waals surface area contributed by atoms with Crippen molar-refractivity contribution in [3.05, 3.63) is 30.1 Å². The van der Waals surface area contributed by atoms with Crippen LogP contribution in [0.4, 0.5) is 4.39 Å². The number of sulfone groups is 1. The zero-order valence-electron chi connectivity index (χ0n) is 17.9. The molecule has 9 nitrogen and oxygen atoms in total. The normalized spacial score (nSPS) is 22.9. The minimum Gasteiger partial charge on any atom is -0.452 e. The van der Waals surface area contributed by atoms with Crippen LogP contribution in [0.15, 0.2) is 29.2 Å². The molecule has 0 aromatic heterocycles. The van der Waals surface area contributed by atoms with Gasteiger partial charge in [0.05, 0.1) is 22.3 Å². The highest BCUT2D eigenvalue weighted by molar-refractivity contribution is 7.91. The van der Waals surface area contributed by atoms with Gasteiger partial charge >= 0.3 is 5.97 Å². The first-order valence-electron chi connectivity index (χ1n) is 10.3. The fourth-order valence-corrected chi connectivity index (χ4v) is 7.20. The number of ether oxygens (including phenoxy) is 1. The van der Waals surface area contributed by atoms with Gasteiger partial charge in [-0.25, -0.2) is 21.2 Å². The third-order valence-electron chi connectivity index (χ3n) is 5.98. The van der Waals surface area contributed by atoms with E-state index in [0.717, 1.165) is 12.1 Å². The highest BCUT2D eigenvalue weighted by atomic mass is 32.2. The SMILES string of the molecule is C[C@@H](OC(=O)C1CCN(S(=O)(=O)c2ccc(F)cc2)CC1)C(=O)N(C)[C@H]1CCS(=O)(=O)C1. The van der Waals surface area contributed by atoms with E-state index in [9.17, 15) is 30.8 Å². The number of piperidine rings is 1. The lowest BCUT2D eigenvalue weighted by atomic mass is 9.98. The Morgan fingerprint density at radius 1 is 1.16 bits per heavy atom. The van der Waals surface area contributed by atoms with Gasteiger partial charge in [0.1, 0.15) is 5.82 Å². The number of hydrogen-bond donors (Lipinski definition) is 0. The topological polar surface area (TPSA) is 118 Å². The van der Waals surface area contributed by atoms with Crippen LogP contribution in [0.3, 0.4) is 0 Å². The number of carbonyl (C=O) groups excluding carboxylic acids is 2. The van der Waals surface area contributed by atoms with Crippen molar-refractivity contribution in [3.63, 3.8) is 0 Å². The van der Waals surface area contributed by atoms with Crippen molar-refractivity contribution >= 4 is 31.7 Å². The summed E-state index contributed by atoms with van der Waals surface area (Å²) >= 11 is 0. The van der Waals surface area contributed by atoms with Gasteiger partial charge < -0.3 is 9.64 Å². The number of sulfonamides is 1. The molecular weight excluding hydrogens is 463 g/mol. The Morgan fingerprint density at radius 3 is 2.28 bits per heavy atom. The maximum atomic E-state index is 13.1. The average molecular weight is 491 g/mol. The van der Waals surface area contributed by atoms with E-state index in [4.69, 9.17) is 4.74 Å². The van der Waals surface area contributed by atoms with Gasteiger partial charge in [-0.3, -0.25) is 9.59 Å². The standard InChI is InChI=1S/C20H27FN2O7S2/c1-14(19(24)22(2)17-9-12-31(26,27)13-17)30-20(25)15-7-10-23(11-8-15)32(28,29)18-5-3-16(21)4-6-18/h3-6,14-15,17H,7-13H2,1-2H3/t14-,17+/m1/s1. The molecule has 12 heteroatoms. The van der Waals surface area contributed by atoms with Crippen LogP contribution in [-0.4, -0.2) is 81.7 Å². The van der Waals surface area contributed by atoms with Crippen LogP contribution in [0, 0.1) is 11.7 Å². The molecule has 1 amide bonds. The van der Waals surface area contributed by atoms with Gasteiger partial charge in [0.2, 0.25) is 10.0 Å². The number of amides is 1. The van der Waals surface area contributed by atoms with Crippen LogP contribution in [0.1, 0.15) is 26.2 Å². The van der Waals surface area contributed by atoms with Gasteiger partial charge in [-0.2, -0.15) is 4.31 Å². The van der Waals surface area contributed by atoms with E-state index in [1.165, 1.54) is 35.3 Å². The minimum atomic E-state index is -3.79. The number of hydrogen-bond acceptors (Lipinski definition) is 7. The van der Waals surface area contributed by atoms with Gasteiger partial charge in [0.15, 0.2) is 15.9 Å². The molecule has 178 valence electrons. The number of esters is 1. The summed E-state index contributed by atoms with van der Waals surface area (Å²) in [6, 6.07) is 4.11. The molecule has 2 aliphatic rings. The first-order valence-corrected chi connectivity index (χ1v) is 13.6. The van der Waals surface area contributed by atoms with Crippen molar-refractivity contribution in [1.82, 2.24) is 9.21 Å². The van der Waals surface area contributed by atoms with Crippen molar-refractivity contribution in [3.8, 4) is 0 Å². The molecule has 1 aromatic carbocycles. The molecule has 0 spiro atoms. The first-order chi connectivity index (χ1) is 14.9. The summed E-state index contributed by atoms with van der Waals surface area (Å²) < 4.78 is 68.3. The molecule has 2 atom stereocenters. The Bertz CT molecular complexity index is 1070. The maximum absolute atomic E-state index is 13.1. The lowest BCUT2D eigenvalue weighted by Crippen LogP contribution is -2.45. The lowest BCUT2D eigenvalue weighted by Gasteiger charge is -2.31. The third kappa shape index (κ3) is 5.46. The van der Waals surface area contributed by atoms with Crippen molar-refractivity contribution < 1.29 is 35.6 Å². The first kappa shape index (κ1) is 24.6. The molecule has 0 bridgehead atoms. The van der Waals surface area contributed by atoms with Crippen LogP contribution in [0.25, 0.3) is 0 Å². The second-order valence-corrected chi connectivity index (χ2v) is 12.4. The minimum absolute atomic E-state index is 0.0175. The molecule has 0 N–H and O–H groups in total. The van der Waals surface area contributed by atoms with E-state index in [1.807, 2.05) is 0 Å². The quantitative estimate of drug-likeness (QED) is 0.541. The van der Waals surface area contributed by atoms with E-state index in [1.54, 1.807) is 0 Å². The van der Waals surface area contributed by atoms with E-state index in [0.29, 0.717) is 6.42 Å². The molecule has 1 aromatic rings. The van der Waals surface area contributed by atoms with Crippen molar-refractivity contribution in [2.45, 2.75) is 43.2 Å². The number of rotatable bonds is 6. The largest absolute Gasteiger partial charge is 0.452 e. The summed E-state index contributed by atoms with van der Waals surface area (Å²) in [7, 11) is -5.45. The molecule has 0 aliphatic carbocycles. The molecule has 2 saturated heterocycles. The molecule has 2 aliphatic heterocycles. The van der Waals surface area contributed by atoms with Gasteiger partial charge in [0.25, 0.3) is 5.91 Å². The van der Waals surface area contributed by atoms with E-state index >= 15 is 0 Å². The molecule has 2 heterocycles. The summed E-state index contributed by atoms with van der Waals surface area (Å²) in [5.41, 5.74) is 0. The van der Waals surface area contributed by atoms with E-state index in [2.05, 4.69) is 0 Å². The van der Waals surface area contributed by atoms with Crippen LogP contribution in [-0.2, 0) is 34.2 Å². The molecule has 3 rings (SSSR count). The number of nitrogens with zero attached hydrogens (tertiary/aromatic N) is 2. The monoisotopic (exact) mass is 490 g/mol. The average Bonchev–Trinajstić information content (AvgIpc) is 3.12. The Hall–Kier alpha value is -2.05. The summed E-state index contributed by atoms with van der Waals surface area (Å²) in [6.07, 6.45) is -0.253. The Kier molecular flexibility index (Phi) is 7.25. The van der Waals surface area contributed by atoms with Crippen LogP contribution in [0.2, 0.25) is 0 Å². The Labute approximate surface area is 187 Å². The third-order valence-corrected chi connectivity index (χ3v) is 9.65. The number of likely N-dealkylation sites (N-methyl/N-ethyl adjacent to an activating group) is 1. The van der Waals surface area contributed by atoms with Crippen molar-refractivity contribution in [2.24, 2.45) is 5.92 Å². The van der Waals surface area contributed by atoms with Crippen LogP contribution >= 0.6 is 0 Å². The smallest absolute Gasteiger partial charge is 0.309 e. The fraction of sp³-hybridized carbons (Fsp3) is 0.600. The lowest BCUT2D eigenvalue weighted by molar-refractivity contribution is -0.163. The second kappa shape index (κ2) is 9.44. The predicted octanol–water partition coefficient (Wildman–Crippen LogP) is 0.804. The molecule has 2 fully saturated rings. The summed E-state index contributed by atoms with van der Waals surface area (Å²) in [4.78, 5) is 26.4. The van der Waals surface area contributed by atoms with Crippen LogP contribution in [0.5, 0.6) is 0 Å². The summed E-state index contributed by atoms with van der Waals surface area (Å²) in [5, 5.41) is 0. The summed E-state index contributed by atoms with van der Waals surface area (Å²) in [6.45, 7) is 1.64.